The van der Waals surface area contributed by atoms with Crippen molar-refractivity contribution in [3.63, 3.8) is 0 Å². The second-order valence-electron chi connectivity index (χ2n) is 28.1. The fraction of sp³-hybridized carbons (Fsp3) is 0.205. The number of hydrogen-bond donors (Lipinski definition) is 0. The summed E-state index contributed by atoms with van der Waals surface area (Å²) in [6.45, 7) is 21.4. The van der Waals surface area contributed by atoms with Gasteiger partial charge in [-0.1, -0.05) is 261 Å². The lowest BCUT2D eigenvalue weighted by molar-refractivity contribution is 0.195. The molecule has 4 aliphatic rings. The van der Waals surface area contributed by atoms with Crippen molar-refractivity contribution in [3.05, 3.63) is 283 Å². The molecule has 2 atom stereocenters. The molecule has 1 aliphatic carbocycles. The largest absolute Gasteiger partial charge is 0.334 e. The third kappa shape index (κ3) is 8.66. The highest BCUT2D eigenvalue weighted by molar-refractivity contribution is 7.20. The van der Waals surface area contributed by atoms with E-state index in [0.29, 0.717) is 0 Å². The van der Waals surface area contributed by atoms with Gasteiger partial charge in [-0.15, -0.1) is 0 Å². The van der Waals surface area contributed by atoms with Gasteiger partial charge in [-0.3, -0.25) is 0 Å². The smallest absolute Gasteiger partial charge is 0.252 e. The Hall–Kier alpha value is -8.90. The van der Waals surface area contributed by atoms with Crippen LogP contribution in [-0.4, -0.2) is 20.3 Å². The molecule has 0 spiro atoms. The fourth-order valence-corrected chi connectivity index (χ4v) is 21.0. The van der Waals surface area contributed by atoms with Crippen LogP contribution in [0.25, 0.3) is 22.3 Å². The SMILES string of the molecule is Cc1cc2c3c(c1)N(c1ccc(C(C)(C)C)cc1-c1ccccc1)c1cc(-c4ccccc4)ccc1B3c1ccc(N3c4ccc([Si](c5ccccc5)(c5ccccc5)c5ccccc5)cc4C4(C)CCCCC34C)cc1N2c1ccc(C(C)(C)C)cc1. The van der Waals surface area contributed by atoms with Crippen molar-refractivity contribution in [1.82, 2.24) is 0 Å². The molecule has 0 aromatic heterocycles. The van der Waals surface area contributed by atoms with Crippen molar-refractivity contribution in [1.29, 1.82) is 0 Å². The Morgan fingerprint density at radius 1 is 0.386 bits per heavy atom. The first-order chi connectivity index (χ1) is 42.6. The first-order valence-corrected chi connectivity index (χ1v) is 34.1. The molecule has 0 N–H and O–H groups in total. The molecule has 0 saturated heterocycles. The van der Waals surface area contributed by atoms with Crippen LogP contribution in [-0.2, 0) is 16.2 Å². The maximum Gasteiger partial charge on any atom is 0.252 e. The van der Waals surface area contributed by atoms with Gasteiger partial charge in [0, 0.05) is 50.8 Å². The Labute approximate surface area is 524 Å². The number of benzene rings is 11. The predicted molar refractivity (Wildman–Crippen MR) is 380 cm³/mol. The number of hydrogen-bond acceptors (Lipinski definition) is 3. The van der Waals surface area contributed by atoms with E-state index in [-0.39, 0.29) is 28.5 Å². The molecular weight excluding hydrogens is 1080 g/mol. The molecule has 432 valence electrons. The van der Waals surface area contributed by atoms with Gasteiger partial charge in [0.2, 0.25) is 0 Å². The minimum atomic E-state index is -2.83. The summed E-state index contributed by atoms with van der Waals surface area (Å²) in [6, 6.07) is 101. The average Bonchev–Trinajstić information content (AvgIpc) is 1.31. The molecule has 11 aromatic rings. The zero-order chi connectivity index (χ0) is 60.3. The summed E-state index contributed by atoms with van der Waals surface area (Å²) in [5, 5.41) is 5.65. The fourth-order valence-electron chi connectivity index (χ4n) is 16.2. The Morgan fingerprint density at radius 3 is 1.48 bits per heavy atom. The highest BCUT2D eigenvalue weighted by atomic mass is 28.3. The molecule has 15 rings (SSSR count). The van der Waals surface area contributed by atoms with E-state index in [2.05, 4.69) is 338 Å². The summed E-state index contributed by atoms with van der Waals surface area (Å²) in [5.74, 6) is 0. The molecule has 5 heteroatoms. The van der Waals surface area contributed by atoms with Crippen molar-refractivity contribution in [3.8, 4) is 22.3 Å². The summed E-state index contributed by atoms with van der Waals surface area (Å²) in [5.41, 5.74) is 23.6. The van der Waals surface area contributed by atoms with E-state index < -0.39 is 8.07 Å². The second kappa shape index (κ2) is 20.9. The van der Waals surface area contributed by atoms with E-state index in [1.807, 2.05) is 0 Å². The number of anilines is 8. The zero-order valence-corrected chi connectivity index (χ0v) is 53.6. The first kappa shape index (κ1) is 55.7. The van der Waals surface area contributed by atoms with Gasteiger partial charge < -0.3 is 14.7 Å². The maximum absolute atomic E-state index is 2.83. The third-order valence-electron chi connectivity index (χ3n) is 20.9. The zero-order valence-electron chi connectivity index (χ0n) is 52.6. The lowest BCUT2D eigenvalue weighted by Crippen LogP contribution is -2.74. The van der Waals surface area contributed by atoms with E-state index in [9.17, 15) is 0 Å². The number of nitrogens with zero attached hydrogens (tertiary/aromatic N) is 3. The van der Waals surface area contributed by atoms with Crippen LogP contribution in [0.5, 0.6) is 0 Å². The van der Waals surface area contributed by atoms with Gasteiger partial charge in [0.25, 0.3) is 6.71 Å². The monoisotopic (exact) mass is 1160 g/mol. The molecule has 3 heterocycles. The molecule has 3 nitrogen and oxygen atoms in total. The summed E-state index contributed by atoms with van der Waals surface area (Å²) < 4.78 is 0. The highest BCUT2D eigenvalue weighted by Crippen LogP contribution is 2.61. The van der Waals surface area contributed by atoms with Crippen LogP contribution in [0.4, 0.5) is 45.5 Å². The van der Waals surface area contributed by atoms with E-state index >= 15 is 0 Å². The van der Waals surface area contributed by atoms with Crippen LogP contribution in [0.15, 0.2) is 261 Å². The van der Waals surface area contributed by atoms with Crippen LogP contribution >= 0.6 is 0 Å². The molecule has 1 fully saturated rings. The molecule has 2 unspecified atom stereocenters. The Morgan fingerprint density at radius 2 is 0.886 bits per heavy atom. The first-order valence-electron chi connectivity index (χ1n) is 32.1. The van der Waals surface area contributed by atoms with Crippen molar-refractivity contribution < 1.29 is 0 Å². The quantitative estimate of drug-likeness (QED) is 0.105. The van der Waals surface area contributed by atoms with E-state index in [1.54, 1.807) is 0 Å². The molecular formula is C83H78BN3Si. The molecule has 11 aromatic carbocycles. The second-order valence-corrected chi connectivity index (χ2v) is 31.9. The minimum absolute atomic E-state index is 0.00253. The predicted octanol–water partition coefficient (Wildman–Crippen LogP) is 17.1. The molecule has 0 amide bonds. The van der Waals surface area contributed by atoms with Gasteiger partial charge in [-0.05, 0) is 174 Å². The van der Waals surface area contributed by atoms with Crippen LogP contribution in [0.3, 0.4) is 0 Å². The van der Waals surface area contributed by atoms with E-state index in [1.165, 1.54) is 134 Å². The summed E-state index contributed by atoms with van der Waals surface area (Å²) in [6.07, 6.45) is 4.63. The molecule has 1 saturated carbocycles. The molecule has 0 bridgehead atoms. The van der Waals surface area contributed by atoms with Gasteiger partial charge in [0.15, 0.2) is 8.07 Å². The minimum Gasteiger partial charge on any atom is -0.334 e. The lowest BCUT2D eigenvalue weighted by atomic mass is 9.33. The summed E-state index contributed by atoms with van der Waals surface area (Å²) in [7, 11) is -2.83. The molecule has 3 aliphatic heterocycles. The summed E-state index contributed by atoms with van der Waals surface area (Å²) >= 11 is 0. The van der Waals surface area contributed by atoms with Gasteiger partial charge in [0.1, 0.15) is 0 Å². The number of fused-ring (bicyclic) bond motifs is 7. The van der Waals surface area contributed by atoms with Crippen molar-refractivity contribution in [2.45, 2.75) is 110 Å². The van der Waals surface area contributed by atoms with Crippen LogP contribution in [0.1, 0.15) is 103 Å². The van der Waals surface area contributed by atoms with Gasteiger partial charge in [-0.2, -0.15) is 0 Å². The summed E-state index contributed by atoms with van der Waals surface area (Å²) in [4.78, 5) is 8.08. The van der Waals surface area contributed by atoms with Crippen molar-refractivity contribution >= 4 is 97.4 Å². The lowest BCUT2D eigenvalue weighted by Gasteiger charge is -2.50. The normalized spacial score (nSPS) is 17.6. The topological polar surface area (TPSA) is 9.72 Å². The maximum atomic E-state index is 2.81. The van der Waals surface area contributed by atoms with E-state index in [4.69, 9.17) is 0 Å². The standard InChI is InChI=1S/C83H78BN3Si/c1-57-51-77-79-78(52-57)86(73-47-40-62(81(5,6)7)54-69(73)59-29-17-11-18-30-59)75-53-60(58-27-15-10-16-28-58)37-45-71(75)84(79)72-46-43-64(55-76(72)85(77)63-41-38-61(39-42-63)80(2,3)4)87-74-48-44-68(56-70(74)82(8)49-25-26-50-83(82,87)9)88(65-31-19-12-20-32-65,66-33-21-13-22-34-66)67-35-23-14-24-36-67/h10-24,27-48,51-56H,25-26,49-50H2,1-9H3. The number of rotatable bonds is 9. The molecule has 0 radical (unpaired) electrons. The van der Waals surface area contributed by atoms with Crippen molar-refractivity contribution in [2.24, 2.45) is 0 Å². The van der Waals surface area contributed by atoms with Crippen molar-refractivity contribution in [2.75, 3.05) is 14.7 Å². The Balaban J connectivity index is 0.975. The third-order valence-corrected chi connectivity index (χ3v) is 25.7. The van der Waals surface area contributed by atoms with Gasteiger partial charge in [-0.25, -0.2) is 0 Å². The van der Waals surface area contributed by atoms with Crippen LogP contribution in [0.2, 0.25) is 0 Å². The Bertz CT molecular complexity index is 4360. The number of aryl methyl sites for hydroxylation is 1. The van der Waals surface area contributed by atoms with Crippen LogP contribution < -0.4 is 51.8 Å². The van der Waals surface area contributed by atoms with Gasteiger partial charge in [0.05, 0.1) is 11.2 Å². The highest BCUT2D eigenvalue weighted by Gasteiger charge is 2.59. The Kier molecular flexibility index (Phi) is 13.2. The average molecular weight is 1160 g/mol. The van der Waals surface area contributed by atoms with Crippen LogP contribution in [0, 0.1) is 6.92 Å². The van der Waals surface area contributed by atoms with E-state index in [0.717, 1.165) is 18.5 Å². The molecule has 88 heavy (non-hydrogen) atoms. The van der Waals surface area contributed by atoms with Gasteiger partial charge >= 0.3 is 0 Å².